The Morgan fingerprint density at radius 1 is 1.30 bits per heavy atom. The van der Waals surface area contributed by atoms with Gasteiger partial charge in [-0.15, -0.1) is 0 Å². The first kappa shape index (κ1) is 13.3. The molecule has 3 heterocycles. The highest BCUT2D eigenvalue weighted by Gasteiger charge is 2.37. The molecule has 7 heteroatoms. The molecular weight excluding hydrogens is 276 g/mol. The van der Waals surface area contributed by atoms with Crippen LogP contribution in [-0.4, -0.2) is 33.8 Å². The number of pyridine rings is 1. The third-order valence-corrected chi connectivity index (χ3v) is 5.28. The molecule has 0 bridgehead atoms. The maximum absolute atomic E-state index is 12.7. The summed E-state index contributed by atoms with van der Waals surface area (Å²) in [4.78, 5) is 8.26. The number of hydrogen-bond donors (Lipinski definition) is 0. The second-order valence-corrected chi connectivity index (χ2v) is 6.74. The molecule has 2 aromatic heterocycles. The quantitative estimate of drug-likeness (QED) is 0.856. The van der Waals surface area contributed by atoms with Gasteiger partial charge in [-0.25, -0.2) is 13.4 Å². The zero-order valence-corrected chi connectivity index (χ0v) is 12.0. The van der Waals surface area contributed by atoms with Crippen LogP contribution in [0.3, 0.4) is 0 Å². The van der Waals surface area contributed by atoms with E-state index >= 15 is 0 Å². The van der Waals surface area contributed by atoms with E-state index in [-0.39, 0.29) is 11.1 Å². The van der Waals surface area contributed by atoms with E-state index in [2.05, 4.69) is 9.97 Å². The lowest BCUT2D eigenvalue weighted by Crippen LogP contribution is -2.31. The van der Waals surface area contributed by atoms with E-state index < -0.39 is 10.0 Å². The van der Waals surface area contributed by atoms with Gasteiger partial charge in [0.05, 0.1) is 18.1 Å². The van der Waals surface area contributed by atoms with Crippen LogP contribution in [0.4, 0.5) is 0 Å². The third kappa shape index (κ3) is 2.23. The van der Waals surface area contributed by atoms with Crippen LogP contribution in [0.1, 0.15) is 24.6 Å². The number of aromatic nitrogens is 3. The smallest absolute Gasteiger partial charge is 0.262 e. The molecule has 2 aromatic rings. The highest BCUT2D eigenvalue weighted by Crippen LogP contribution is 2.34. The molecular formula is C13H16N4O2S. The van der Waals surface area contributed by atoms with Crippen LogP contribution in [-0.2, 0) is 17.1 Å². The van der Waals surface area contributed by atoms with E-state index in [9.17, 15) is 8.42 Å². The highest BCUT2D eigenvalue weighted by molar-refractivity contribution is 7.89. The van der Waals surface area contributed by atoms with Gasteiger partial charge in [0.2, 0.25) is 0 Å². The fourth-order valence-corrected chi connectivity index (χ4v) is 4.18. The maximum atomic E-state index is 12.7. The van der Waals surface area contributed by atoms with Crippen LogP contribution in [0.15, 0.2) is 41.9 Å². The Labute approximate surface area is 118 Å². The van der Waals surface area contributed by atoms with Crippen LogP contribution >= 0.6 is 0 Å². The number of imidazole rings is 1. The Bertz CT molecular complexity index is 696. The normalized spacial score (nSPS) is 20.4. The van der Waals surface area contributed by atoms with Gasteiger partial charge in [0.1, 0.15) is 0 Å². The van der Waals surface area contributed by atoms with Gasteiger partial charge in [-0.2, -0.15) is 4.31 Å². The molecule has 106 valence electrons. The lowest BCUT2D eigenvalue weighted by Gasteiger charge is -2.22. The van der Waals surface area contributed by atoms with Gasteiger partial charge in [-0.05, 0) is 25.0 Å². The molecule has 1 saturated heterocycles. The summed E-state index contributed by atoms with van der Waals surface area (Å²) in [7, 11) is -1.80. The molecule has 1 fully saturated rings. The molecule has 3 rings (SSSR count). The maximum Gasteiger partial charge on any atom is 0.262 e. The molecule has 0 N–H and O–H groups in total. The molecule has 1 aliphatic rings. The van der Waals surface area contributed by atoms with Gasteiger partial charge in [0.25, 0.3) is 10.0 Å². The molecule has 0 amide bonds. The standard InChI is InChI=1S/C13H16N4O2S/c1-16-9-13(15-10-16)20(18,19)17-8-4-6-12(17)11-5-2-3-7-14-11/h2-3,5,7,9-10,12H,4,6,8H2,1H3. The van der Waals surface area contributed by atoms with Crippen LogP contribution in [0.5, 0.6) is 0 Å². The Kier molecular flexibility index (Phi) is 3.31. The third-order valence-electron chi connectivity index (χ3n) is 3.49. The molecule has 1 aliphatic heterocycles. The van der Waals surface area contributed by atoms with Crippen molar-refractivity contribution >= 4 is 10.0 Å². The number of sulfonamides is 1. The van der Waals surface area contributed by atoms with Crippen LogP contribution < -0.4 is 0 Å². The predicted octanol–water partition coefficient (Wildman–Crippen LogP) is 1.34. The zero-order chi connectivity index (χ0) is 14.2. The van der Waals surface area contributed by atoms with Gasteiger partial charge >= 0.3 is 0 Å². The average molecular weight is 292 g/mol. The summed E-state index contributed by atoms with van der Waals surface area (Å²) >= 11 is 0. The van der Waals surface area contributed by atoms with Crippen molar-refractivity contribution in [2.24, 2.45) is 7.05 Å². The van der Waals surface area contributed by atoms with E-state index in [1.54, 1.807) is 17.8 Å². The summed E-state index contributed by atoms with van der Waals surface area (Å²) in [5.74, 6) is 0. The van der Waals surface area contributed by atoms with E-state index in [0.29, 0.717) is 6.54 Å². The number of nitrogens with zero attached hydrogens (tertiary/aromatic N) is 4. The fourth-order valence-electron chi connectivity index (χ4n) is 2.54. The predicted molar refractivity (Wildman–Crippen MR) is 73.3 cm³/mol. The highest BCUT2D eigenvalue weighted by atomic mass is 32.2. The summed E-state index contributed by atoms with van der Waals surface area (Å²) in [6.45, 7) is 0.514. The van der Waals surface area contributed by atoms with Crippen LogP contribution in [0.25, 0.3) is 0 Å². The van der Waals surface area contributed by atoms with Crippen molar-refractivity contribution < 1.29 is 8.42 Å². The SMILES string of the molecule is Cn1cnc(S(=O)(=O)N2CCCC2c2ccccn2)c1. The Balaban J connectivity index is 1.97. The molecule has 20 heavy (non-hydrogen) atoms. The topological polar surface area (TPSA) is 68.1 Å². The number of aryl methyl sites for hydroxylation is 1. The van der Waals surface area contributed by atoms with E-state index in [0.717, 1.165) is 18.5 Å². The van der Waals surface area contributed by atoms with Gasteiger partial charge < -0.3 is 4.57 Å². The Hall–Kier alpha value is -1.73. The lowest BCUT2D eigenvalue weighted by atomic mass is 10.1. The molecule has 1 atom stereocenters. The Morgan fingerprint density at radius 3 is 2.80 bits per heavy atom. The summed E-state index contributed by atoms with van der Waals surface area (Å²) in [6.07, 6.45) is 6.36. The molecule has 1 unspecified atom stereocenters. The van der Waals surface area contributed by atoms with Crippen molar-refractivity contribution in [1.82, 2.24) is 18.8 Å². The Morgan fingerprint density at radius 2 is 2.15 bits per heavy atom. The van der Waals surface area contributed by atoms with Crippen molar-refractivity contribution in [3.8, 4) is 0 Å². The second-order valence-electron chi connectivity index (χ2n) is 4.91. The summed E-state index contributed by atoms with van der Waals surface area (Å²) in [6, 6.07) is 5.39. The summed E-state index contributed by atoms with van der Waals surface area (Å²) in [5.41, 5.74) is 0.796. The largest absolute Gasteiger partial charge is 0.339 e. The van der Waals surface area contributed by atoms with Gasteiger partial charge in [-0.3, -0.25) is 4.98 Å². The first-order valence-corrected chi connectivity index (χ1v) is 7.94. The van der Waals surface area contributed by atoms with E-state index in [1.807, 2.05) is 18.2 Å². The summed E-state index contributed by atoms with van der Waals surface area (Å²) < 4.78 is 28.5. The number of rotatable bonds is 3. The first-order valence-electron chi connectivity index (χ1n) is 6.50. The van der Waals surface area contributed by atoms with Crippen molar-refractivity contribution in [3.05, 3.63) is 42.6 Å². The van der Waals surface area contributed by atoms with Crippen LogP contribution in [0.2, 0.25) is 0 Å². The van der Waals surface area contributed by atoms with E-state index in [4.69, 9.17) is 0 Å². The first-order chi connectivity index (χ1) is 9.59. The minimum atomic E-state index is -3.55. The van der Waals surface area contributed by atoms with Gasteiger partial charge in [0.15, 0.2) is 5.03 Å². The minimum Gasteiger partial charge on any atom is -0.339 e. The molecule has 0 aromatic carbocycles. The molecule has 6 nitrogen and oxygen atoms in total. The number of hydrogen-bond acceptors (Lipinski definition) is 4. The van der Waals surface area contributed by atoms with Crippen LogP contribution in [0, 0.1) is 0 Å². The van der Waals surface area contributed by atoms with Crippen molar-refractivity contribution in [1.29, 1.82) is 0 Å². The zero-order valence-electron chi connectivity index (χ0n) is 11.2. The molecule has 0 aliphatic carbocycles. The monoisotopic (exact) mass is 292 g/mol. The van der Waals surface area contributed by atoms with Crippen molar-refractivity contribution in [2.75, 3.05) is 6.54 Å². The lowest BCUT2D eigenvalue weighted by molar-refractivity contribution is 0.389. The molecule has 0 saturated carbocycles. The minimum absolute atomic E-state index is 0.0998. The van der Waals surface area contributed by atoms with Crippen molar-refractivity contribution in [3.63, 3.8) is 0 Å². The molecule has 0 radical (unpaired) electrons. The van der Waals surface area contributed by atoms with E-state index in [1.165, 1.54) is 16.8 Å². The summed E-state index contributed by atoms with van der Waals surface area (Å²) in [5, 5.41) is 0.0998. The fraction of sp³-hybridized carbons (Fsp3) is 0.385. The van der Waals surface area contributed by atoms with Gasteiger partial charge in [0, 0.05) is 26.0 Å². The average Bonchev–Trinajstić information content (AvgIpc) is 3.08. The second kappa shape index (κ2) is 4.99. The van der Waals surface area contributed by atoms with Crippen molar-refractivity contribution in [2.45, 2.75) is 23.9 Å². The molecule has 0 spiro atoms. The van der Waals surface area contributed by atoms with Gasteiger partial charge in [-0.1, -0.05) is 6.07 Å².